The highest BCUT2D eigenvalue weighted by atomic mass is 35.5. The third-order valence-electron chi connectivity index (χ3n) is 6.69. The summed E-state index contributed by atoms with van der Waals surface area (Å²) in [6.07, 6.45) is 1.40. The fourth-order valence-electron chi connectivity index (χ4n) is 4.85. The molecule has 0 saturated carbocycles. The summed E-state index contributed by atoms with van der Waals surface area (Å²) in [5.41, 5.74) is 2.63. The molecule has 37 heavy (non-hydrogen) atoms. The van der Waals surface area contributed by atoms with E-state index >= 15 is 0 Å². The minimum atomic E-state index is -3.76. The van der Waals surface area contributed by atoms with Crippen molar-refractivity contribution in [2.75, 3.05) is 11.9 Å². The minimum Gasteiger partial charge on any atom is -0.341 e. The van der Waals surface area contributed by atoms with Crippen LogP contribution in [-0.2, 0) is 10.0 Å². The monoisotopic (exact) mass is 530 g/mol. The van der Waals surface area contributed by atoms with E-state index in [1.165, 1.54) is 4.31 Å². The number of nitrogens with one attached hydrogen (secondary N) is 2. The van der Waals surface area contributed by atoms with Crippen LogP contribution in [0.1, 0.15) is 35.1 Å². The van der Waals surface area contributed by atoms with Crippen LogP contribution in [0.25, 0.3) is 21.8 Å². The van der Waals surface area contributed by atoms with E-state index < -0.39 is 16.1 Å². The third-order valence-corrected chi connectivity index (χ3v) is 8.83. The number of fused-ring (bicyclic) bond motifs is 2. The molecule has 0 radical (unpaired) electrons. The van der Waals surface area contributed by atoms with Crippen molar-refractivity contribution >= 4 is 55.0 Å². The largest absolute Gasteiger partial charge is 0.341 e. The second kappa shape index (κ2) is 9.30. The van der Waals surface area contributed by atoms with Gasteiger partial charge in [-0.05, 0) is 78.2 Å². The number of nitrogens with zero attached hydrogens (tertiary/aromatic N) is 2. The fraction of sp³-hybridized carbons (Fsp3) is 0.143. The van der Waals surface area contributed by atoms with Gasteiger partial charge in [0.2, 0.25) is 10.0 Å². The lowest BCUT2D eigenvalue weighted by Gasteiger charge is -2.22. The Morgan fingerprint density at radius 2 is 1.78 bits per heavy atom. The summed E-state index contributed by atoms with van der Waals surface area (Å²) in [6, 6.07) is 24.5. The molecule has 1 amide bonds. The SMILES string of the molecule is O=C(Nc1ccc2nc(C3CCCN3S(=O)(=O)c3ccc4ccc(Cl)cc4c3)[nH]c2c1)c1ccccc1. The Bertz CT molecular complexity index is 1750. The van der Waals surface area contributed by atoms with E-state index in [2.05, 4.69) is 10.3 Å². The van der Waals surface area contributed by atoms with Crippen molar-refractivity contribution in [1.29, 1.82) is 0 Å². The average molecular weight is 531 g/mol. The number of rotatable bonds is 5. The van der Waals surface area contributed by atoms with Crippen molar-refractivity contribution in [2.24, 2.45) is 0 Å². The van der Waals surface area contributed by atoms with Crippen LogP contribution >= 0.6 is 11.6 Å². The van der Waals surface area contributed by atoms with E-state index in [-0.39, 0.29) is 10.8 Å². The number of imidazole rings is 1. The number of carbonyl (C=O) groups is 1. The van der Waals surface area contributed by atoms with Gasteiger partial charge in [0, 0.05) is 22.8 Å². The van der Waals surface area contributed by atoms with Crippen LogP contribution in [-0.4, -0.2) is 35.1 Å². The summed E-state index contributed by atoms with van der Waals surface area (Å²) >= 11 is 6.13. The van der Waals surface area contributed by atoms with E-state index in [0.717, 1.165) is 22.7 Å². The first kappa shape index (κ1) is 23.7. The second-order valence-corrected chi connectivity index (χ2v) is 11.4. The van der Waals surface area contributed by atoms with Crippen LogP contribution in [0.15, 0.2) is 89.8 Å². The second-order valence-electron chi connectivity index (χ2n) is 9.10. The van der Waals surface area contributed by atoms with Crippen LogP contribution < -0.4 is 5.32 Å². The van der Waals surface area contributed by atoms with Gasteiger partial charge in [-0.2, -0.15) is 4.31 Å². The zero-order valence-electron chi connectivity index (χ0n) is 19.7. The molecule has 7 nitrogen and oxygen atoms in total. The van der Waals surface area contributed by atoms with Gasteiger partial charge in [-0.3, -0.25) is 4.79 Å². The highest BCUT2D eigenvalue weighted by Crippen LogP contribution is 2.37. The lowest BCUT2D eigenvalue weighted by molar-refractivity contribution is 0.102. The molecule has 1 aliphatic rings. The van der Waals surface area contributed by atoms with Crippen LogP contribution in [0.2, 0.25) is 5.02 Å². The topological polar surface area (TPSA) is 95.2 Å². The van der Waals surface area contributed by atoms with Gasteiger partial charge in [0.15, 0.2) is 0 Å². The molecule has 9 heteroatoms. The van der Waals surface area contributed by atoms with Crippen molar-refractivity contribution < 1.29 is 13.2 Å². The van der Waals surface area contributed by atoms with Crippen molar-refractivity contribution in [1.82, 2.24) is 14.3 Å². The van der Waals surface area contributed by atoms with E-state index in [4.69, 9.17) is 16.6 Å². The Labute approximate surface area is 219 Å². The molecule has 186 valence electrons. The predicted octanol–water partition coefficient (Wildman–Crippen LogP) is 6.15. The predicted molar refractivity (Wildman–Crippen MR) is 145 cm³/mol. The molecule has 1 fully saturated rings. The molecule has 1 unspecified atom stereocenters. The summed E-state index contributed by atoms with van der Waals surface area (Å²) in [4.78, 5) is 20.8. The van der Waals surface area contributed by atoms with Crippen molar-refractivity contribution in [2.45, 2.75) is 23.8 Å². The number of hydrogen-bond donors (Lipinski definition) is 2. The van der Waals surface area contributed by atoms with Gasteiger partial charge < -0.3 is 10.3 Å². The molecular formula is C28H23ClN4O3S. The zero-order valence-corrected chi connectivity index (χ0v) is 21.3. The molecule has 2 heterocycles. The summed E-state index contributed by atoms with van der Waals surface area (Å²) in [5, 5.41) is 5.16. The standard InChI is InChI=1S/C28H23ClN4O3S/c29-21-10-8-18-9-12-23(16-20(18)15-21)37(35,36)33-14-4-7-26(33)27-31-24-13-11-22(17-25(24)32-27)30-28(34)19-5-2-1-3-6-19/h1-3,5-6,8-13,15-17,26H,4,7,14H2,(H,30,34)(H,31,32). The van der Waals surface area contributed by atoms with Gasteiger partial charge in [-0.25, -0.2) is 13.4 Å². The molecule has 1 aromatic heterocycles. The van der Waals surface area contributed by atoms with Gasteiger partial charge in [-0.15, -0.1) is 0 Å². The normalized spacial score (nSPS) is 16.4. The number of carbonyl (C=O) groups excluding carboxylic acids is 1. The Kier molecular flexibility index (Phi) is 5.95. The summed E-state index contributed by atoms with van der Waals surface area (Å²) in [7, 11) is -3.76. The van der Waals surface area contributed by atoms with Crippen LogP contribution in [0.5, 0.6) is 0 Å². The van der Waals surface area contributed by atoms with Crippen LogP contribution in [0.4, 0.5) is 5.69 Å². The first-order valence-electron chi connectivity index (χ1n) is 12.0. The minimum absolute atomic E-state index is 0.204. The number of H-pyrrole nitrogens is 1. The van der Waals surface area contributed by atoms with E-state index in [0.29, 0.717) is 40.6 Å². The maximum Gasteiger partial charge on any atom is 0.255 e. The number of aromatic amines is 1. The van der Waals surface area contributed by atoms with Gasteiger partial charge >= 0.3 is 0 Å². The molecule has 1 saturated heterocycles. The van der Waals surface area contributed by atoms with E-state index in [9.17, 15) is 13.2 Å². The lowest BCUT2D eigenvalue weighted by Crippen LogP contribution is -2.31. The smallest absolute Gasteiger partial charge is 0.255 e. The summed E-state index contributed by atoms with van der Waals surface area (Å²) in [6.45, 7) is 0.413. The Hall–Kier alpha value is -3.72. The first-order chi connectivity index (χ1) is 17.9. The maximum absolute atomic E-state index is 13.7. The van der Waals surface area contributed by atoms with E-state index in [1.54, 1.807) is 48.5 Å². The number of halogens is 1. The number of anilines is 1. The number of benzene rings is 4. The average Bonchev–Trinajstić information content (AvgIpc) is 3.56. The van der Waals surface area contributed by atoms with Gasteiger partial charge in [0.05, 0.1) is 22.0 Å². The highest BCUT2D eigenvalue weighted by Gasteiger charge is 2.38. The molecule has 1 aliphatic heterocycles. The maximum atomic E-state index is 13.7. The molecule has 0 aliphatic carbocycles. The van der Waals surface area contributed by atoms with Crippen LogP contribution in [0, 0.1) is 0 Å². The Balaban J connectivity index is 1.29. The zero-order chi connectivity index (χ0) is 25.6. The van der Waals surface area contributed by atoms with Gasteiger partial charge in [0.25, 0.3) is 5.91 Å². The quantitative estimate of drug-likeness (QED) is 0.285. The summed E-state index contributed by atoms with van der Waals surface area (Å²) in [5.74, 6) is 0.385. The third kappa shape index (κ3) is 4.48. The van der Waals surface area contributed by atoms with Gasteiger partial charge in [-0.1, -0.05) is 41.9 Å². The highest BCUT2D eigenvalue weighted by molar-refractivity contribution is 7.89. The molecule has 0 bridgehead atoms. The molecule has 2 N–H and O–H groups in total. The molecule has 0 spiro atoms. The number of hydrogen-bond acceptors (Lipinski definition) is 4. The van der Waals surface area contributed by atoms with Crippen molar-refractivity contribution in [3.8, 4) is 0 Å². The molecule has 6 rings (SSSR count). The Morgan fingerprint density at radius 3 is 2.62 bits per heavy atom. The van der Waals surface area contributed by atoms with Crippen molar-refractivity contribution in [3.63, 3.8) is 0 Å². The summed E-state index contributed by atoms with van der Waals surface area (Å²) < 4.78 is 28.9. The fourth-order valence-corrected chi connectivity index (χ4v) is 6.73. The molecule has 1 atom stereocenters. The van der Waals surface area contributed by atoms with Gasteiger partial charge in [0.1, 0.15) is 5.82 Å². The first-order valence-corrected chi connectivity index (χ1v) is 13.8. The van der Waals surface area contributed by atoms with Crippen LogP contribution in [0.3, 0.4) is 0 Å². The molecule has 4 aromatic carbocycles. The number of sulfonamides is 1. The van der Waals surface area contributed by atoms with E-state index in [1.807, 2.05) is 36.4 Å². The van der Waals surface area contributed by atoms with Crippen molar-refractivity contribution in [3.05, 3.63) is 101 Å². The lowest BCUT2D eigenvalue weighted by atomic mass is 10.1. The number of amides is 1. The number of aromatic nitrogens is 2. The molecular weight excluding hydrogens is 508 g/mol. The molecule has 5 aromatic rings. The Morgan fingerprint density at radius 1 is 0.973 bits per heavy atom.